The fraction of sp³-hybridized carbons (Fsp3) is 0.273. The van der Waals surface area contributed by atoms with Gasteiger partial charge in [0, 0.05) is 24.8 Å². The number of aryl methyl sites for hydroxylation is 1. The molecular weight excluding hydrogens is 373 g/mol. The topological polar surface area (TPSA) is 67.5 Å². The number of aromatic amines is 1. The summed E-state index contributed by atoms with van der Waals surface area (Å²) in [6.07, 6.45) is 1.49. The minimum atomic E-state index is -0.287. The Morgan fingerprint density at radius 1 is 1.17 bits per heavy atom. The molecule has 6 nitrogen and oxygen atoms in total. The number of ether oxygens (including phenoxy) is 2. The molecular formula is C22H22FN3O3. The molecule has 0 spiro atoms. The molecule has 4 rings (SSSR count). The maximum atomic E-state index is 13.4. The monoisotopic (exact) mass is 395 g/mol. The molecule has 0 fully saturated rings. The van der Waals surface area contributed by atoms with Crippen molar-refractivity contribution < 1.29 is 18.7 Å². The summed E-state index contributed by atoms with van der Waals surface area (Å²) in [5, 5.41) is 7.24. The van der Waals surface area contributed by atoms with Crippen LogP contribution in [0.4, 0.5) is 4.39 Å². The predicted molar refractivity (Wildman–Crippen MR) is 107 cm³/mol. The van der Waals surface area contributed by atoms with Crippen molar-refractivity contribution in [2.24, 2.45) is 0 Å². The molecule has 0 aliphatic carbocycles. The van der Waals surface area contributed by atoms with Crippen molar-refractivity contribution in [2.75, 3.05) is 26.8 Å². The second kappa shape index (κ2) is 8.34. The van der Waals surface area contributed by atoms with Crippen LogP contribution in [0.15, 0.2) is 48.5 Å². The number of nitrogens with one attached hydrogen (secondary N) is 1. The van der Waals surface area contributed by atoms with Gasteiger partial charge in [0.2, 0.25) is 0 Å². The lowest BCUT2D eigenvalue weighted by Crippen LogP contribution is -2.29. The van der Waals surface area contributed by atoms with Crippen LogP contribution in [0.3, 0.4) is 0 Å². The SMILES string of the molecule is CN(CCCc1cc(-c2cccc(F)c2)n[nH]1)C(=O)c1cccc2c1OCCO2. The maximum absolute atomic E-state index is 13.4. The summed E-state index contributed by atoms with van der Waals surface area (Å²) in [5.41, 5.74) is 2.89. The average molecular weight is 395 g/mol. The normalized spacial score (nSPS) is 12.6. The highest BCUT2D eigenvalue weighted by Crippen LogP contribution is 2.34. The third-order valence-electron chi connectivity index (χ3n) is 4.83. The molecule has 0 bridgehead atoms. The van der Waals surface area contributed by atoms with E-state index in [4.69, 9.17) is 9.47 Å². The lowest BCUT2D eigenvalue weighted by molar-refractivity contribution is 0.0782. The minimum absolute atomic E-state index is 0.0996. The smallest absolute Gasteiger partial charge is 0.257 e. The Kier molecular flexibility index (Phi) is 5.46. The zero-order valence-corrected chi connectivity index (χ0v) is 16.2. The van der Waals surface area contributed by atoms with E-state index in [2.05, 4.69) is 10.2 Å². The molecule has 1 aromatic heterocycles. The standard InChI is InChI=1S/C22H22FN3O3/c1-26(22(27)18-8-3-9-20-21(18)29-12-11-28-20)10-4-7-17-14-19(25-24-17)15-5-2-6-16(23)13-15/h2-3,5-6,8-9,13-14H,4,7,10-12H2,1H3,(H,24,25). The first-order valence-corrected chi connectivity index (χ1v) is 9.56. The number of carbonyl (C=O) groups is 1. The number of fused-ring (bicyclic) bond motifs is 1. The number of benzene rings is 2. The van der Waals surface area contributed by atoms with Gasteiger partial charge < -0.3 is 14.4 Å². The van der Waals surface area contributed by atoms with E-state index in [1.807, 2.05) is 12.1 Å². The van der Waals surface area contributed by atoms with Gasteiger partial charge in [-0.2, -0.15) is 5.10 Å². The van der Waals surface area contributed by atoms with Crippen LogP contribution in [0.5, 0.6) is 11.5 Å². The number of aromatic nitrogens is 2. The van der Waals surface area contributed by atoms with Crippen molar-refractivity contribution in [3.63, 3.8) is 0 Å². The Morgan fingerprint density at radius 3 is 2.86 bits per heavy atom. The molecule has 29 heavy (non-hydrogen) atoms. The van der Waals surface area contributed by atoms with Crippen LogP contribution in [0.2, 0.25) is 0 Å². The molecule has 1 aliphatic rings. The third-order valence-corrected chi connectivity index (χ3v) is 4.83. The van der Waals surface area contributed by atoms with Gasteiger partial charge in [0.15, 0.2) is 11.5 Å². The average Bonchev–Trinajstić information content (AvgIpc) is 3.22. The first-order chi connectivity index (χ1) is 14.1. The fourth-order valence-electron chi connectivity index (χ4n) is 3.34. The van der Waals surface area contributed by atoms with Gasteiger partial charge in [-0.1, -0.05) is 18.2 Å². The van der Waals surface area contributed by atoms with E-state index < -0.39 is 0 Å². The van der Waals surface area contributed by atoms with E-state index in [0.29, 0.717) is 42.5 Å². The van der Waals surface area contributed by atoms with Crippen LogP contribution in [0.1, 0.15) is 22.5 Å². The van der Waals surface area contributed by atoms with Crippen molar-refractivity contribution in [3.8, 4) is 22.8 Å². The first-order valence-electron chi connectivity index (χ1n) is 9.56. The number of amides is 1. The second-order valence-electron chi connectivity index (χ2n) is 6.95. The largest absolute Gasteiger partial charge is 0.486 e. The zero-order chi connectivity index (χ0) is 20.2. The number of para-hydroxylation sites is 1. The molecule has 1 N–H and O–H groups in total. The van der Waals surface area contributed by atoms with Gasteiger partial charge in [-0.25, -0.2) is 4.39 Å². The van der Waals surface area contributed by atoms with Gasteiger partial charge in [0.25, 0.3) is 5.91 Å². The highest BCUT2D eigenvalue weighted by molar-refractivity contribution is 5.97. The van der Waals surface area contributed by atoms with E-state index in [1.165, 1.54) is 12.1 Å². The molecule has 7 heteroatoms. The number of rotatable bonds is 6. The van der Waals surface area contributed by atoms with Crippen LogP contribution in [-0.2, 0) is 6.42 Å². The number of H-pyrrole nitrogens is 1. The maximum Gasteiger partial charge on any atom is 0.257 e. The van der Waals surface area contributed by atoms with E-state index in [9.17, 15) is 9.18 Å². The summed E-state index contributed by atoms with van der Waals surface area (Å²) in [7, 11) is 1.77. The van der Waals surface area contributed by atoms with Crippen LogP contribution in [0.25, 0.3) is 11.3 Å². The number of hydrogen-bond acceptors (Lipinski definition) is 4. The van der Waals surface area contributed by atoms with Crippen molar-refractivity contribution in [3.05, 3.63) is 65.6 Å². The number of nitrogens with zero attached hydrogens (tertiary/aromatic N) is 2. The molecule has 0 atom stereocenters. The van der Waals surface area contributed by atoms with Crippen LogP contribution >= 0.6 is 0 Å². The summed E-state index contributed by atoms with van der Waals surface area (Å²) in [6.45, 7) is 1.51. The molecule has 3 aromatic rings. The van der Waals surface area contributed by atoms with Crippen molar-refractivity contribution >= 4 is 5.91 Å². The van der Waals surface area contributed by atoms with Crippen molar-refractivity contribution in [2.45, 2.75) is 12.8 Å². The molecule has 0 saturated carbocycles. The van der Waals surface area contributed by atoms with E-state index in [-0.39, 0.29) is 11.7 Å². The van der Waals surface area contributed by atoms with Gasteiger partial charge in [-0.15, -0.1) is 0 Å². The molecule has 2 heterocycles. The molecule has 2 aromatic carbocycles. The Balaban J connectivity index is 1.35. The van der Waals surface area contributed by atoms with Gasteiger partial charge >= 0.3 is 0 Å². The highest BCUT2D eigenvalue weighted by Gasteiger charge is 2.22. The summed E-state index contributed by atoms with van der Waals surface area (Å²) in [6, 6.07) is 13.6. The summed E-state index contributed by atoms with van der Waals surface area (Å²) < 4.78 is 24.6. The molecule has 0 radical (unpaired) electrons. The first kappa shape index (κ1) is 19.0. The summed E-state index contributed by atoms with van der Waals surface area (Å²) in [5.74, 6) is 0.740. The Labute approximate surface area is 168 Å². The number of carbonyl (C=O) groups excluding carboxylic acids is 1. The Morgan fingerprint density at radius 2 is 2.00 bits per heavy atom. The lowest BCUT2D eigenvalue weighted by Gasteiger charge is -2.23. The third kappa shape index (κ3) is 4.23. The van der Waals surface area contributed by atoms with Crippen LogP contribution < -0.4 is 9.47 Å². The number of halogens is 1. The van der Waals surface area contributed by atoms with Crippen LogP contribution in [0, 0.1) is 5.82 Å². The molecule has 1 amide bonds. The minimum Gasteiger partial charge on any atom is -0.486 e. The predicted octanol–water partition coefficient (Wildman–Crippen LogP) is 3.69. The van der Waals surface area contributed by atoms with Crippen molar-refractivity contribution in [1.82, 2.24) is 15.1 Å². The van der Waals surface area contributed by atoms with Gasteiger partial charge in [0.05, 0.1) is 11.3 Å². The van der Waals surface area contributed by atoms with Crippen LogP contribution in [-0.4, -0.2) is 47.8 Å². The van der Waals surface area contributed by atoms with Crippen molar-refractivity contribution in [1.29, 1.82) is 0 Å². The highest BCUT2D eigenvalue weighted by atomic mass is 19.1. The van der Waals surface area contributed by atoms with E-state index >= 15 is 0 Å². The van der Waals surface area contributed by atoms with Gasteiger partial charge in [0.1, 0.15) is 19.0 Å². The molecule has 0 saturated heterocycles. The Hall–Kier alpha value is -3.35. The van der Waals surface area contributed by atoms with Gasteiger partial charge in [-0.05, 0) is 43.2 Å². The second-order valence-corrected chi connectivity index (χ2v) is 6.95. The summed E-state index contributed by atoms with van der Waals surface area (Å²) in [4.78, 5) is 14.5. The fourth-order valence-corrected chi connectivity index (χ4v) is 3.34. The van der Waals surface area contributed by atoms with Gasteiger partial charge in [-0.3, -0.25) is 9.89 Å². The van der Waals surface area contributed by atoms with E-state index in [0.717, 1.165) is 24.1 Å². The molecule has 0 unspecified atom stereocenters. The summed E-state index contributed by atoms with van der Waals surface area (Å²) >= 11 is 0. The lowest BCUT2D eigenvalue weighted by atomic mass is 10.1. The number of hydrogen-bond donors (Lipinski definition) is 1. The Bertz CT molecular complexity index is 1020. The van der Waals surface area contributed by atoms with E-state index in [1.54, 1.807) is 36.2 Å². The zero-order valence-electron chi connectivity index (χ0n) is 16.2. The quantitative estimate of drug-likeness (QED) is 0.691. The molecule has 150 valence electrons. The molecule has 1 aliphatic heterocycles.